The third-order valence-electron chi connectivity index (χ3n) is 5.35. The number of rotatable bonds is 9. The van der Waals surface area contributed by atoms with E-state index in [4.69, 9.17) is 5.73 Å². The monoisotopic (exact) mass is 436 g/mol. The van der Waals surface area contributed by atoms with Crippen molar-refractivity contribution in [3.05, 3.63) is 12.2 Å². The average Bonchev–Trinajstić information content (AvgIpc) is 3.32. The van der Waals surface area contributed by atoms with Crippen molar-refractivity contribution in [2.24, 2.45) is 17.6 Å². The van der Waals surface area contributed by atoms with E-state index in [1.165, 1.54) is 0 Å². The van der Waals surface area contributed by atoms with Crippen LogP contribution in [0.25, 0.3) is 0 Å². The lowest BCUT2D eigenvalue weighted by atomic mass is 10.0. The van der Waals surface area contributed by atoms with Gasteiger partial charge in [-0.2, -0.15) is 0 Å². The van der Waals surface area contributed by atoms with Crippen LogP contribution in [0.3, 0.4) is 0 Å². The first-order valence-electron chi connectivity index (χ1n) is 10.5. The van der Waals surface area contributed by atoms with E-state index in [0.717, 1.165) is 0 Å². The molecule has 31 heavy (non-hydrogen) atoms. The summed E-state index contributed by atoms with van der Waals surface area (Å²) in [6.45, 7) is 5.55. The van der Waals surface area contributed by atoms with Gasteiger partial charge in [-0.3, -0.25) is 19.2 Å². The highest BCUT2D eigenvalue weighted by molar-refractivity contribution is 5.93. The number of carbonyl (C=O) groups is 5. The summed E-state index contributed by atoms with van der Waals surface area (Å²) in [5, 5.41) is 13.3. The first-order chi connectivity index (χ1) is 14.6. The largest absolute Gasteiger partial charge is 0.354 e. The smallest absolute Gasteiger partial charge is 0.312 e. The molecule has 1 aliphatic heterocycles. The molecule has 5 atom stereocenters. The summed E-state index contributed by atoms with van der Waals surface area (Å²) >= 11 is 0. The zero-order chi connectivity index (χ0) is 23.1. The molecule has 172 valence electrons. The maximum absolute atomic E-state index is 12.4. The number of urea groups is 1. The van der Waals surface area contributed by atoms with Crippen molar-refractivity contribution in [1.82, 2.24) is 26.6 Å². The molecule has 0 aromatic carbocycles. The molecule has 1 aliphatic carbocycles. The van der Waals surface area contributed by atoms with E-state index in [0.29, 0.717) is 25.8 Å². The average molecular weight is 437 g/mol. The van der Waals surface area contributed by atoms with Crippen molar-refractivity contribution in [3.8, 4) is 0 Å². The van der Waals surface area contributed by atoms with E-state index >= 15 is 0 Å². The summed E-state index contributed by atoms with van der Waals surface area (Å²) in [6.07, 6.45) is 5.09. The van der Waals surface area contributed by atoms with E-state index in [-0.39, 0.29) is 41.5 Å². The van der Waals surface area contributed by atoms with Crippen molar-refractivity contribution in [3.63, 3.8) is 0 Å². The predicted molar refractivity (Wildman–Crippen MR) is 112 cm³/mol. The molecule has 0 spiro atoms. The van der Waals surface area contributed by atoms with Gasteiger partial charge in [0.25, 0.3) is 0 Å². The highest BCUT2D eigenvalue weighted by Crippen LogP contribution is 2.17. The van der Waals surface area contributed by atoms with Crippen LogP contribution in [0.5, 0.6) is 0 Å². The molecule has 2 rings (SSSR count). The molecule has 1 heterocycles. The van der Waals surface area contributed by atoms with Crippen molar-refractivity contribution in [2.45, 2.75) is 64.2 Å². The summed E-state index contributed by atoms with van der Waals surface area (Å²) in [5.41, 5.74) is 5.13. The second-order valence-electron chi connectivity index (χ2n) is 8.36. The molecule has 0 aromatic rings. The fraction of sp³-hybridized carbons (Fsp3) is 0.650. The second-order valence-corrected chi connectivity index (χ2v) is 8.36. The fourth-order valence-electron chi connectivity index (χ4n) is 3.57. The lowest BCUT2D eigenvalue weighted by molar-refractivity contribution is -0.130. The normalized spacial score (nSPS) is 24.3. The molecule has 6 amide bonds. The van der Waals surface area contributed by atoms with Crippen LogP contribution in [0.15, 0.2) is 12.2 Å². The summed E-state index contributed by atoms with van der Waals surface area (Å²) in [5.74, 6) is -1.29. The number of hydrogen-bond acceptors (Lipinski definition) is 5. The number of primary amides is 1. The first kappa shape index (κ1) is 24.2. The van der Waals surface area contributed by atoms with Crippen LogP contribution in [0, 0.1) is 11.8 Å². The molecule has 7 N–H and O–H groups in total. The molecule has 2 aliphatic rings. The van der Waals surface area contributed by atoms with Crippen molar-refractivity contribution >= 4 is 29.7 Å². The van der Waals surface area contributed by atoms with Gasteiger partial charge in [0.1, 0.15) is 18.1 Å². The molecule has 0 aromatic heterocycles. The minimum Gasteiger partial charge on any atom is -0.354 e. The molecule has 11 heteroatoms. The summed E-state index contributed by atoms with van der Waals surface area (Å²) in [7, 11) is 0. The van der Waals surface area contributed by atoms with Crippen molar-refractivity contribution < 1.29 is 24.0 Å². The topological polar surface area (TPSA) is 172 Å². The van der Waals surface area contributed by atoms with E-state index in [1.54, 1.807) is 6.92 Å². The van der Waals surface area contributed by atoms with Crippen LogP contribution in [-0.4, -0.2) is 60.4 Å². The van der Waals surface area contributed by atoms with Gasteiger partial charge >= 0.3 is 6.03 Å². The molecule has 1 saturated heterocycles. The zero-order valence-electron chi connectivity index (χ0n) is 18.1. The van der Waals surface area contributed by atoms with Crippen LogP contribution in [0.4, 0.5) is 4.79 Å². The summed E-state index contributed by atoms with van der Waals surface area (Å²) in [6, 6.07) is -3.03. The number of amides is 6. The molecule has 0 unspecified atom stereocenters. The SMILES string of the molecule is CC(C)[C@H](NC(N)=O)C(=O)N[C@@H]1C=C[C@H](CNC(=O)[C@@H](C)NC(=O)[C@@H]2CCC(=O)N2)C1. The van der Waals surface area contributed by atoms with Gasteiger partial charge in [-0.25, -0.2) is 4.79 Å². The predicted octanol–water partition coefficient (Wildman–Crippen LogP) is -1.36. The van der Waals surface area contributed by atoms with E-state index < -0.39 is 24.2 Å². The van der Waals surface area contributed by atoms with E-state index in [9.17, 15) is 24.0 Å². The molecule has 0 radical (unpaired) electrons. The van der Waals surface area contributed by atoms with E-state index in [2.05, 4.69) is 26.6 Å². The number of hydrogen-bond donors (Lipinski definition) is 6. The highest BCUT2D eigenvalue weighted by atomic mass is 16.2. The maximum atomic E-state index is 12.4. The Balaban J connectivity index is 1.72. The van der Waals surface area contributed by atoms with Crippen LogP contribution in [-0.2, 0) is 19.2 Å². The van der Waals surface area contributed by atoms with Gasteiger partial charge in [0.2, 0.25) is 23.6 Å². The zero-order valence-corrected chi connectivity index (χ0v) is 18.1. The molecule has 11 nitrogen and oxygen atoms in total. The first-order valence-corrected chi connectivity index (χ1v) is 10.5. The van der Waals surface area contributed by atoms with Gasteiger partial charge in [0.15, 0.2) is 0 Å². The molecule has 0 saturated carbocycles. The van der Waals surface area contributed by atoms with Gasteiger partial charge in [0, 0.05) is 19.0 Å². The van der Waals surface area contributed by atoms with Crippen LogP contribution < -0.4 is 32.3 Å². The lowest BCUT2D eigenvalue weighted by Gasteiger charge is -2.23. The molecular formula is C20H32N6O5. The minimum absolute atomic E-state index is 0.0212. The standard InChI is InChI=1S/C20H32N6O5/c1-10(2)16(26-20(21)31)19(30)24-13-5-4-12(8-13)9-22-17(28)11(3)23-18(29)14-6-7-15(27)25-14/h4-5,10-14,16H,6-9H2,1-3H3,(H,22,28)(H,23,29)(H,24,30)(H,25,27)(H3,21,26,31)/t11-,12+,13-,14+,16+/m1/s1. The Morgan fingerprint density at radius 1 is 1.13 bits per heavy atom. The fourth-order valence-corrected chi connectivity index (χ4v) is 3.57. The van der Waals surface area contributed by atoms with E-state index in [1.807, 2.05) is 26.0 Å². The Bertz CT molecular complexity index is 752. The lowest BCUT2D eigenvalue weighted by Crippen LogP contribution is -2.53. The van der Waals surface area contributed by atoms with Crippen LogP contribution in [0.2, 0.25) is 0 Å². The van der Waals surface area contributed by atoms with Crippen molar-refractivity contribution in [1.29, 1.82) is 0 Å². The number of carbonyl (C=O) groups excluding carboxylic acids is 5. The van der Waals surface area contributed by atoms with Gasteiger partial charge in [-0.15, -0.1) is 0 Å². The van der Waals surface area contributed by atoms with Gasteiger partial charge in [-0.1, -0.05) is 26.0 Å². The maximum Gasteiger partial charge on any atom is 0.312 e. The van der Waals surface area contributed by atoms with Crippen molar-refractivity contribution in [2.75, 3.05) is 6.54 Å². The second kappa shape index (κ2) is 10.8. The Morgan fingerprint density at radius 2 is 1.84 bits per heavy atom. The Labute approximate surface area is 181 Å². The van der Waals surface area contributed by atoms with Crippen LogP contribution in [0.1, 0.15) is 40.0 Å². The molecular weight excluding hydrogens is 404 g/mol. The Hall–Kier alpha value is -3.11. The minimum atomic E-state index is -0.757. The Kier molecular flexibility index (Phi) is 8.40. The highest BCUT2D eigenvalue weighted by Gasteiger charge is 2.30. The number of nitrogens with one attached hydrogen (secondary N) is 5. The van der Waals surface area contributed by atoms with Gasteiger partial charge < -0.3 is 32.3 Å². The molecule has 1 fully saturated rings. The summed E-state index contributed by atoms with van der Waals surface area (Å²) in [4.78, 5) is 59.1. The third kappa shape index (κ3) is 7.26. The van der Waals surface area contributed by atoms with Gasteiger partial charge in [0.05, 0.1) is 0 Å². The number of nitrogens with two attached hydrogens (primary N) is 1. The molecule has 0 bridgehead atoms. The summed E-state index contributed by atoms with van der Waals surface area (Å²) < 4.78 is 0. The quantitative estimate of drug-likeness (QED) is 0.245. The van der Waals surface area contributed by atoms with Gasteiger partial charge in [-0.05, 0) is 31.6 Å². The van der Waals surface area contributed by atoms with Crippen LogP contribution >= 0.6 is 0 Å². The third-order valence-corrected chi connectivity index (χ3v) is 5.35. The Morgan fingerprint density at radius 3 is 2.42 bits per heavy atom.